The van der Waals surface area contributed by atoms with Crippen molar-refractivity contribution in [3.05, 3.63) is 15.4 Å². The lowest BCUT2D eigenvalue weighted by molar-refractivity contribution is 0.397. The fourth-order valence-corrected chi connectivity index (χ4v) is 0.995. The second kappa shape index (κ2) is 2.94. The second-order valence-corrected chi connectivity index (χ2v) is 2.28. The summed E-state index contributed by atoms with van der Waals surface area (Å²) in [5.41, 5.74) is -0.470. The zero-order chi connectivity index (χ0) is 7.56. The lowest BCUT2D eigenvalue weighted by Gasteiger charge is -1.92. The van der Waals surface area contributed by atoms with E-state index in [1.54, 1.807) is 0 Å². The molecule has 1 aromatic rings. The van der Waals surface area contributed by atoms with Gasteiger partial charge in [-0.3, -0.25) is 4.79 Å². The van der Waals surface area contributed by atoms with Gasteiger partial charge in [-0.05, 0) is 0 Å². The molecule has 6 heteroatoms. The van der Waals surface area contributed by atoms with Gasteiger partial charge >= 0.3 is 0 Å². The van der Waals surface area contributed by atoms with Gasteiger partial charge in [-0.15, -0.1) is 4.37 Å². The fourth-order valence-electron chi connectivity index (χ4n) is 0.394. The third kappa shape index (κ3) is 1.25. The lowest BCUT2D eigenvalue weighted by atomic mass is 10.6. The van der Waals surface area contributed by atoms with Crippen molar-refractivity contribution in [2.45, 2.75) is 0 Å². The molecule has 0 unspecified atom stereocenters. The molecule has 0 saturated carbocycles. The van der Waals surface area contributed by atoms with Crippen LogP contribution in [0.5, 0.6) is 5.88 Å². The molecule has 0 spiro atoms. The second-order valence-electron chi connectivity index (χ2n) is 1.39. The van der Waals surface area contributed by atoms with E-state index >= 15 is 0 Å². The summed E-state index contributed by atoms with van der Waals surface area (Å²) in [7, 11) is 1.35. The summed E-state index contributed by atoms with van der Waals surface area (Å²) in [6.45, 7) is 0. The van der Waals surface area contributed by atoms with E-state index in [1.165, 1.54) is 7.11 Å². The van der Waals surface area contributed by atoms with Crippen molar-refractivity contribution in [2.75, 3.05) is 7.11 Å². The van der Waals surface area contributed by atoms with Crippen molar-refractivity contribution in [2.24, 2.45) is 0 Å². The first-order chi connectivity index (χ1) is 4.75. The first kappa shape index (κ1) is 7.43. The molecule has 1 rings (SSSR count). The van der Waals surface area contributed by atoms with Crippen LogP contribution >= 0.6 is 23.3 Å². The molecule has 54 valence electrons. The van der Waals surface area contributed by atoms with Gasteiger partial charge in [0.05, 0.1) is 18.8 Å². The number of halogens is 1. The molecule has 0 amide bonds. The highest BCUT2D eigenvalue weighted by Gasteiger charge is 2.04. The number of methoxy groups -OCH3 is 1. The SMILES string of the molecule is COc1nsnc(Cl)c1=O. The first-order valence-corrected chi connectivity index (χ1v) is 3.43. The number of hydrogen-bond donors (Lipinski definition) is 0. The van der Waals surface area contributed by atoms with Gasteiger partial charge in [0.15, 0.2) is 5.15 Å². The Bertz CT molecular complexity index is 287. The molecule has 0 aliphatic carbocycles. The van der Waals surface area contributed by atoms with E-state index in [2.05, 4.69) is 13.5 Å². The van der Waals surface area contributed by atoms with Gasteiger partial charge in [-0.1, -0.05) is 11.6 Å². The zero-order valence-electron chi connectivity index (χ0n) is 5.00. The summed E-state index contributed by atoms with van der Waals surface area (Å²) in [4.78, 5) is 10.8. The summed E-state index contributed by atoms with van der Waals surface area (Å²) >= 11 is 6.20. The highest BCUT2D eigenvalue weighted by atomic mass is 35.5. The highest BCUT2D eigenvalue weighted by Crippen LogP contribution is 2.03. The largest absolute Gasteiger partial charge is 0.478 e. The molecule has 0 atom stereocenters. The van der Waals surface area contributed by atoms with E-state index in [-0.39, 0.29) is 11.0 Å². The van der Waals surface area contributed by atoms with Crippen LogP contribution in [0.15, 0.2) is 4.79 Å². The number of aromatic nitrogens is 2. The summed E-state index contributed by atoms with van der Waals surface area (Å²) in [6.07, 6.45) is 0. The van der Waals surface area contributed by atoms with E-state index in [9.17, 15) is 4.79 Å². The van der Waals surface area contributed by atoms with Gasteiger partial charge in [-0.2, -0.15) is 4.37 Å². The Kier molecular flexibility index (Phi) is 2.18. The maximum atomic E-state index is 10.8. The van der Waals surface area contributed by atoms with Crippen LogP contribution in [0.25, 0.3) is 0 Å². The van der Waals surface area contributed by atoms with Crippen LogP contribution in [-0.2, 0) is 0 Å². The molecule has 0 N–H and O–H groups in total. The van der Waals surface area contributed by atoms with Crippen LogP contribution in [0.4, 0.5) is 0 Å². The van der Waals surface area contributed by atoms with Crippen LogP contribution in [0.1, 0.15) is 0 Å². The van der Waals surface area contributed by atoms with E-state index in [1.807, 2.05) is 0 Å². The number of hydrogen-bond acceptors (Lipinski definition) is 5. The first-order valence-electron chi connectivity index (χ1n) is 2.32. The van der Waals surface area contributed by atoms with Crippen LogP contribution in [0, 0.1) is 0 Å². The average Bonchev–Trinajstić information content (AvgIpc) is 1.95. The topological polar surface area (TPSA) is 52.1 Å². The smallest absolute Gasteiger partial charge is 0.279 e. The van der Waals surface area contributed by atoms with Crippen LogP contribution in [0.2, 0.25) is 5.15 Å². The molecular weight excluding hydrogens is 176 g/mol. The van der Waals surface area contributed by atoms with E-state index < -0.39 is 5.43 Å². The molecular formula is C4H3ClN2O2S. The van der Waals surface area contributed by atoms with Crippen LogP contribution in [0.3, 0.4) is 0 Å². The predicted molar refractivity (Wildman–Crippen MR) is 37.7 cm³/mol. The molecule has 1 heterocycles. The lowest BCUT2D eigenvalue weighted by Crippen LogP contribution is -2.07. The predicted octanol–water partition coefficient (Wildman–Crippen LogP) is 0.560. The van der Waals surface area contributed by atoms with Crippen molar-refractivity contribution in [1.82, 2.24) is 8.75 Å². The molecule has 0 radical (unpaired) electrons. The minimum Gasteiger partial charge on any atom is -0.478 e. The van der Waals surface area contributed by atoms with E-state index in [4.69, 9.17) is 11.6 Å². The molecule has 10 heavy (non-hydrogen) atoms. The van der Waals surface area contributed by atoms with Crippen molar-refractivity contribution in [1.29, 1.82) is 0 Å². The number of rotatable bonds is 1. The van der Waals surface area contributed by atoms with Crippen molar-refractivity contribution < 1.29 is 4.74 Å². The highest BCUT2D eigenvalue weighted by molar-refractivity contribution is 6.99. The third-order valence-corrected chi connectivity index (χ3v) is 1.69. The summed E-state index contributed by atoms with van der Waals surface area (Å²) in [6, 6.07) is 0. The summed E-state index contributed by atoms with van der Waals surface area (Å²) < 4.78 is 11.6. The number of ether oxygens (including phenoxy) is 1. The van der Waals surface area contributed by atoms with Gasteiger partial charge in [0.2, 0.25) is 0 Å². The Morgan fingerprint density at radius 3 is 2.80 bits per heavy atom. The van der Waals surface area contributed by atoms with Crippen molar-refractivity contribution in [3.63, 3.8) is 0 Å². The normalized spacial score (nSPS) is 9.40. The third-order valence-electron chi connectivity index (χ3n) is 0.820. The standard InChI is InChI=1S/C4H3ClN2O2S/c1-9-4-2(8)3(5)6-10-7-4/h1H3. The van der Waals surface area contributed by atoms with Gasteiger partial charge in [-0.25, -0.2) is 0 Å². The van der Waals surface area contributed by atoms with Crippen molar-refractivity contribution in [3.8, 4) is 5.88 Å². The molecule has 0 bridgehead atoms. The molecule has 0 aromatic carbocycles. The Balaban J connectivity index is 3.28. The van der Waals surface area contributed by atoms with Crippen LogP contribution < -0.4 is 10.2 Å². The fraction of sp³-hybridized carbons (Fsp3) is 0.250. The summed E-state index contributed by atoms with van der Waals surface area (Å²) in [5, 5.41) is -0.100. The van der Waals surface area contributed by atoms with Gasteiger partial charge in [0.25, 0.3) is 11.3 Å². The quantitative estimate of drug-likeness (QED) is 0.631. The van der Waals surface area contributed by atoms with Gasteiger partial charge in [0, 0.05) is 0 Å². The minimum absolute atomic E-state index is 0.00926. The Morgan fingerprint density at radius 2 is 2.30 bits per heavy atom. The molecule has 0 aliphatic rings. The van der Waals surface area contributed by atoms with E-state index in [0.29, 0.717) is 0 Å². The zero-order valence-corrected chi connectivity index (χ0v) is 6.57. The molecule has 0 fully saturated rings. The molecule has 0 aliphatic heterocycles. The summed E-state index contributed by atoms with van der Waals surface area (Å²) in [5.74, 6) is -0.00926. The monoisotopic (exact) mass is 178 g/mol. The minimum atomic E-state index is -0.470. The van der Waals surface area contributed by atoms with Crippen molar-refractivity contribution >= 4 is 23.3 Å². The maximum Gasteiger partial charge on any atom is 0.279 e. The molecule has 1 aromatic heterocycles. The van der Waals surface area contributed by atoms with Gasteiger partial charge < -0.3 is 4.74 Å². The Labute approximate surface area is 65.7 Å². The number of nitrogens with zero attached hydrogens (tertiary/aromatic N) is 2. The maximum absolute atomic E-state index is 10.8. The molecule has 4 nitrogen and oxygen atoms in total. The Hall–Kier alpha value is -0.680. The van der Waals surface area contributed by atoms with Crippen LogP contribution in [-0.4, -0.2) is 15.9 Å². The molecule has 0 saturated heterocycles. The Morgan fingerprint density at radius 1 is 1.60 bits per heavy atom. The average molecular weight is 179 g/mol. The van der Waals surface area contributed by atoms with E-state index in [0.717, 1.165) is 11.7 Å². The van der Waals surface area contributed by atoms with Gasteiger partial charge in [0.1, 0.15) is 0 Å².